The molecule has 0 amide bonds. The zero-order chi connectivity index (χ0) is 20.6. The normalized spacial score (nSPS) is 13.6. The van der Waals surface area contributed by atoms with Crippen LogP contribution >= 0.6 is 0 Å². The van der Waals surface area contributed by atoms with Gasteiger partial charge in [-0.1, -0.05) is 32.9 Å². The highest BCUT2D eigenvalue weighted by Crippen LogP contribution is 2.33. The molecule has 2 aromatic carbocycles. The quantitative estimate of drug-likeness (QED) is 0.626. The number of ketones is 1. The number of aliphatic carboxylic acids is 1. The smallest absolute Gasteiger partial charge is 0.314 e. The summed E-state index contributed by atoms with van der Waals surface area (Å²) in [4.78, 5) is 28.3. The number of benzene rings is 2. The Hall–Kier alpha value is -2.95. The second-order valence-corrected chi connectivity index (χ2v) is 7.69. The lowest BCUT2D eigenvalue weighted by Crippen LogP contribution is -2.37. The van der Waals surface area contributed by atoms with Gasteiger partial charge in [-0.15, -0.1) is 0 Å². The number of aryl methyl sites for hydroxylation is 1. The first-order chi connectivity index (χ1) is 13.2. The minimum atomic E-state index is -0.945. The van der Waals surface area contributed by atoms with Crippen molar-refractivity contribution >= 4 is 22.8 Å². The van der Waals surface area contributed by atoms with Crippen LogP contribution in [0.4, 0.5) is 0 Å². The van der Waals surface area contributed by atoms with E-state index < -0.39 is 11.4 Å². The summed E-state index contributed by atoms with van der Waals surface area (Å²) in [5.74, 6) is 0.0456. The van der Waals surface area contributed by atoms with Crippen LogP contribution in [-0.2, 0) is 16.6 Å². The number of carboxylic acids is 1. The summed E-state index contributed by atoms with van der Waals surface area (Å²) in [5, 5.41) is 9.76. The van der Waals surface area contributed by atoms with Crippen LogP contribution in [0.15, 0.2) is 42.5 Å². The maximum absolute atomic E-state index is 11.9. The summed E-state index contributed by atoms with van der Waals surface area (Å²) < 4.78 is 2.07. The van der Waals surface area contributed by atoms with Crippen molar-refractivity contribution in [2.24, 2.45) is 5.92 Å². The SMILES string of the molecule is CCc1nc2cc(C(C)=O)ccc2n1-c1ccc(C(C)(C(=O)O)C(C)C)cc1. The van der Waals surface area contributed by atoms with Crippen LogP contribution in [0.3, 0.4) is 0 Å². The number of imidazole rings is 1. The number of fused-ring (bicyclic) bond motifs is 1. The molecule has 0 aliphatic carbocycles. The Morgan fingerprint density at radius 3 is 2.29 bits per heavy atom. The predicted molar refractivity (Wildman–Crippen MR) is 110 cm³/mol. The molecule has 28 heavy (non-hydrogen) atoms. The van der Waals surface area contributed by atoms with Crippen LogP contribution in [0.25, 0.3) is 16.7 Å². The van der Waals surface area contributed by atoms with Gasteiger partial charge in [-0.3, -0.25) is 14.2 Å². The molecule has 3 rings (SSSR count). The van der Waals surface area contributed by atoms with Crippen LogP contribution in [0.5, 0.6) is 0 Å². The number of rotatable bonds is 6. The summed E-state index contributed by atoms with van der Waals surface area (Å²) in [5.41, 5.74) is 3.12. The van der Waals surface area contributed by atoms with Gasteiger partial charge in [-0.25, -0.2) is 4.98 Å². The largest absolute Gasteiger partial charge is 0.481 e. The van der Waals surface area contributed by atoms with Gasteiger partial charge in [0.2, 0.25) is 0 Å². The average molecular weight is 378 g/mol. The molecular formula is C23H26N2O3. The fourth-order valence-electron chi connectivity index (χ4n) is 3.53. The molecule has 0 aliphatic heterocycles. The van der Waals surface area contributed by atoms with Gasteiger partial charge in [0.1, 0.15) is 5.82 Å². The number of hydrogen-bond donors (Lipinski definition) is 1. The summed E-state index contributed by atoms with van der Waals surface area (Å²) in [7, 11) is 0. The van der Waals surface area contributed by atoms with Crippen LogP contribution in [0, 0.1) is 5.92 Å². The lowest BCUT2D eigenvalue weighted by atomic mass is 9.73. The molecule has 146 valence electrons. The fourth-order valence-corrected chi connectivity index (χ4v) is 3.53. The maximum Gasteiger partial charge on any atom is 0.314 e. The summed E-state index contributed by atoms with van der Waals surface area (Å²) in [6, 6.07) is 13.2. The first-order valence-electron chi connectivity index (χ1n) is 9.56. The molecule has 0 saturated carbocycles. The van der Waals surface area contributed by atoms with Crippen molar-refractivity contribution in [1.29, 1.82) is 0 Å². The van der Waals surface area contributed by atoms with E-state index in [1.807, 2.05) is 63.2 Å². The third-order valence-electron chi connectivity index (χ3n) is 5.77. The van der Waals surface area contributed by atoms with Crippen molar-refractivity contribution in [1.82, 2.24) is 9.55 Å². The number of carbonyl (C=O) groups excluding carboxylic acids is 1. The van der Waals surface area contributed by atoms with Gasteiger partial charge >= 0.3 is 5.97 Å². The number of hydrogen-bond acceptors (Lipinski definition) is 3. The monoisotopic (exact) mass is 378 g/mol. The molecule has 1 unspecified atom stereocenters. The minimum absolute atomic E-state index is 0.0143. The second kappa shape index (κ2) is 7.23. The Morgan fingerprint density at radius 1 is 1.14 bits per heavy atom. The zero-order valence-corrected chi connectivity index (χ0v) is 17.0. The molecule has 0 saturated heterocycles. The van der Waals surface area contributed by atoms with Gasteiger partial charge in [0.15, 0.2) is 5.78 Å². The van der Waals surface area contributed by atoms with Gasteiger partial charge < -0.3 is 5.11 Å². The van der Waals surface area contributed by atoms with E-state index >= 15 is 0 Å². The van der Waals surface area contributed by atoms with E-state index in [0.29, 0.717) is 5.56 Å². The predicted octanol–water partition coefficient (Wildman–Crippen LogP) is 4.79. The Bertz CT molecular complexity index is 1050. The zero-order valence-electron chi connectivity index (χ0n) is 17.0. The Morgan fingerprint density at radius 2 is 1.79 bits per heavy atom. The number of aromatic nitrogens is 2. The van der Waals surface area contributed by atoms with Crippen molar-refractivity contribution in [3.8, 4) is 5.69 Å². The standard InChI is InChI=1S/C23H26N2O3/c1-6-21-24-19-13-16(15(4)26)7-12-20(19)25(21)18-10-8-17(9-11-18)23(5,14(2)3)22(27)28/h7-14H,6H2,1-5H3,(H,27,28). The van der Waals surface area contributed by atoms with Crippen molar-refractivity contribution in [2.75, 3.05) is 0 Å². The van der Waals surface area contributed by atoms with Crippen molar-refractivity contribution in [3.63, 3.8) is 0 Å². The molecule has 5 heteroatoms. The van der Waals surface area contributed by atoms with Gasteiger partial charge in [0, 0.05) is 17.7 Å². The summed E-state index contributed by atoms with van der Waals surface area (Å²) in [6.07, 6.45) is 0.741. The van der Waals surface area contributed by atoms with E-state index in [1.54, 1.807) is 13.8 Å². The number of Topliss-reactive ketones (excluding diaryl/α,β-unsaturated/α-hetero) is 1. The first-order valence-corrected chi connectivity index (χ1v) is 9.56. The highest BCUT2D eigenvalue weighted by Gasteiger charge is 2.38. The van der Waals surface area contributed by atoms with E-state index in [4.69, 9.17) is 4.98 Å². The van der Waals surface area contributed by atoms with Gasteiger partial charge in [-0.05, 0) is 55.7 Å². The lowest BCUT2D eigenvalue weighted by Gasteiger charge is -2.29. The fraction of sp³-hybridized carbons (Fsp3) is 0.348. The number of carbonyl (C=O) groups is 2. The Kier molecular flexibility index (Phi) is 5.11. The minimum Gasteiger partial charge on any atom is -0.481 e. The molecule has 3 aromatic rings. The van der Waals surface area contributed by atoms with E-state index in [2.05, 4.69) is 4.57 Å². The van der Waals surface area contributed by atoms with E-state index in [1.165, 1.54) is 0 Å². The van der Waals surface area contributed by atoms with Gasteiger partial charge in [0.25, 0.3) is 0 Å². The summed E-state index contributed by atoms with van der Waals surface area (Å²) in [6.45, 7) is 9.20. The Balaban J connectivity index is 2.13. The molecule has 0 spiro atoms. The summed E-state index contributed by atoms with van der Waals surface area (Å²) >= 11 is 0. The maximum atomic E-state index is 11.9. The van der Waals surface area contributed by atoms with Crippen molar-refractivity contribution in [3.05, 3.63) is 59.4 Å². The molecule has 5 nitrogen and oxygen atoms in total. The van der Waals surface area contributed by atoms with Crippen molar-refractivity contribution in [2.45, 2.75) is 46.5 Å². The third-order valence-corrected chi connectivity index (χ3v) is 5.77. The molecule has 1 N–H and O–H groups in total. The molecule has 1 atom stereocenters. The lowest BCUT2D eigenvalue weighted by molar-refractivity contribution is -0.145. The van der Waals surface area contributed by atoms with Gasteiger partial charge in [0.05, 0.1) is 16.4 Å². The molecule has 0 bridgehead atoms. The first kappa shape index (κ1) is 19.8. The number of carboxylic acid groups (broad SMARTS) is 1. The topological polar surface area (TPSA) is 72.2 Å². The second-order valence-electron chi connectivity index (χ2n) is 7.69. The molecule has 1 heterocycles. The van der Waals surface area contributed by atoms with Crippen LogP contribution in [0.2, 0.25) is 0 Å². The highest BCUT2D eigenvalue weighted by atomic mass is 16.4. The molecule has 1 aromatic heterocycles. The van der Waals surface area contributed by atoms with E-state index in [9.17, 15) is 14.7 Å². The van der Waals surface area contributed by atoms with Crippen molar-refractivity contribution < 1.29 is 14.7 Å². The average Bonchev–Trinajstić information content (AvgIpc) is 3.04. The van der Waals surface area contributed by atoms with E-state index in [0.717, 1.165) is 34.5 Å². The number of nitrogens with zero attached hydrogens (tertiary/aromatic N) is 2. The van der Waals surface area contributed by atoms with Gasteiger partial charge in [-0.2, -0.15) is 0 Å². The highest BCUT2D eigenvalue weighted by molar-refractivity contribution is 5.97. The van der Waals surface area contributed by atoms with E-state index in [-0.39, 0.29) is 11.7 Å². The molecule has 0 radical (unpaired) electrons. The molecule has 0 aliphatic rings. The van der Waals surface area contributed by atoms with Crippen LogP contribution < -0.4 is 0 Å². The molecule has 0 fully saturated rings. The van der Waals surface area contributed by atoms with Crippen LogP contribution in [0.1, 0.15) is 56.4 Å². The van der Waals surface area contributed by atoms with Crippen LogP contribution in [-0.4, -0.2) is 26.4 Å². The third kappa shape index (κ3) is 3.11. The molecular weight excluding hydrogens is 352 g/mol. The Labute approximate surface area is 165 Å².